The molecule has 1 aliphatic rings. The van der Waals surface area contributed by atoms with Crippen molar-refractivity contribution in [1.29, 1.82) is 0 Å². The van der Waals surface area contributed by atoms with Gasteiger partial charge in [0.1, 0.15) is 23.9 Å². The van der Waals surface area contributed by atoms with E-state index >= 15 is 0 Å². The summed E-state index contributed by atoms with van der Waals surface area (Å²) in [5.41, 5.74) is 0.654. The molecule has 10 nitrogen and oxygen atoms in total. The number of methoxy groups -OCH3 is 4. The Kier molecular flexibility index (Phi) is 9.87. The topological polar surface area (TPSA) is 110 Å². The number of hydroxylamine groups is 2. The van der Waals surface area contributed by atoms with Crippen molar-refractivity contribution in [2.24, 2.45) is 11.3 Å². The van der Waals surface area contributed by atoms with Gasteiger partial charge in [0.05, 0.1) is 46.3 Å². The van der Waals surface area contributed by atoms with Gasteiger partial charge in [-0.3, -0.25) is 19.2 Å². The van der Waals surface area contributed by atoms with Gasteiger partial charge in [-0.1, -0.05) is 18.2 Å². The zero-order valence-electron chi connectivity index (χ0n) is 24.7. The Balaban J connectivity index is 1.60. The first-order valence-electron chi connectivity index (χ1n) is 13.5. The molecule has 1 aliphatic carbocycles. The van der Waals surface area contributed by atoms with Crippen molar-refractivity contribution in [3.63, 3.8) is 0 Å². The van der Waals surface area contributed by atoms with Crippen LogP contribution >= 0.6 is 0 Å². The van der Waals surface area contributed by atoms with Crippen LogP contribution in [0.2, 0.25) is 0 Å². The molecule has 0 radical (unpaired) electrons. The summed E-state index contributed by atoms with van der Waals surface area (Å²) in [5.74, 6) is -1.71. The number of halogens is 1. The molecule has 1 saturated carbocycles. The third kappa shape index (κ3) is 7.23. The summed E-state index contributed by atoms with van der Waals surface area (Å²) in [6, 6.07) is 16.5. The van der Waals surface area contributed by atoms with E-state index in [4.69, 9.17) is 28.5 Å². The number of benzene rings is 3. The second-order valence-electron chi connectivity index (χ2n) is 10.1. The monoisotopic (exact) mass is 595 g/mol. The van der Waals surface area contributed by atoms with Crippen LogP contribution in [0, 0.1) is 17.2 Å². The van der Waals surface area contributed by atoms with E-state index in [1.54, 1.807) is 43.5 Å². The number of rotatable bonds is 13. The number of carbonyl (C=O) groups excluding carboxylic acids is 3. The van der Waals surface area contributed by atoms with Crippen molar-refractivity contribution >= 4 is 17.8 Å². The van der Waals surface area contributed by atoms with Crippen LogP contribution in [-0.2, 0) is 43.5 Å². The third-order valence-electron chi connectivity index (χ3n) is 7.33. The Bertz CT molecular complexity index is 1480. The first-order valence-corrected chi connectivity index (χ1v) is 13.5. The molecule has 4 rings (SSSR count). The van der Waals surface area contributed by atoms with Crippen LogP contribution in [0.4, 0.5) is 4.39 Å². The molecule has 0 aromatic heterocycles. The van der Waals surface area contributed by atoms with Gasteiger partial charge in [-0.05, 0) is 60.4 Å². The minimum atomic E-state index is -1.23. The summed E-state index contributed by atoms with van der Waals surface area (Å²) in [7, 11) is 5.86. The summed E-state index contributed by atoms with van der Waals surface area (Å²) >= 11 is 0. The summed E-state index contributed by atoms with van der Waals surface area (Å²) < 4.78 is 40.6. The molecule has 0 bridgehead atoms. The standard InChI is InChI=1S/C32H34FNO9/c1-20(35)43-28-13-8-22(14-27(28)33)16-32(31(37)41-5)17-26(32)30(36)34(42-19-21-6-10-24(38-2)11-7-21)18-23-9-12-25(39-3)15-29(23)40-4/h6-15,26H,16-19H2,1-5H3/t26?,32-/m0/s1. The second kappa shape index (κ2) is 13.6. The van der Waals surface area contributed by atoms with Gasteiger partial charge in [-0.15, -0.1) is 0 Å². The van der Waals surface area contributed by atoms with Gasteiger partial charge in [-0.25, -0.2) is 9.45 Å². The molecule has 1 amide bonds. The summed E-state index contributed by atoms with van der Waals surface area (Å²) in [6.07, 6.45) is 0.208. The number of hydrogen-bond donors (Lipinski definition) is 0. The van der Waals surface area contributed by atoms with E-state index in [2.05, 4.69) is 0 Å². The van der Waals surface area contributed by atoms with Gasteiger partial charge >= 0.3 is 11.9 Å². The number of amides is 1. The van der Waals surface area contributed by atoms with E-state index in [9.17, 15) is 18.8 Å². The van der Waals surface area contributed by atoms with E-state index in [0.29, 0.717) is 28.4 Å². The van der Waals surface area contributed by atoms with Crippen molar-refractivity contribution in [2.75, 3.05) is 28.4 Å². The third-order valence-corrected chi connectivity index (χ3v) is 7.33. The van der Waals surface area contributed by atoms with Crippen LogP contribution in [0.5, 0.6) is 23.0 Å². The van der Waals surface area contributed by atoms with Crippen LogP contribution in [0.1, 0.15) is 30.0 Å². The number of carbonyl (C=O) groups is 3. The zero-order chi connectivity index (χ0) is 31.1. The lowest BCUT2D eigenvalue weighted by Crippen LogP contribution is -2.36. The largest absolute Gasteiger partial charge is 0.497 e. The van der Waals surface area contributed by atoms with Crippen LogP contribution in [-0.4, -0.2) is 51.3 Å². The molecule has 11 heteroatoms. The molecule has 228 valence electrons. The molecule has 1 unspecified atom stereocenters. The number of hydrogen-bond acceptors (Lipinski definition) is 9. The van der Waals surface area contributed by atoms with E-state index < -0.39 is 35.0 Å². The Hall–Kier alpha value is -4.64. The molecule has 0 N–H and O–H groups in total. The van der Waals surface area contributed by atoms with Gasteiger partial charge in [0.15, 0.2) is 11.6 Å². The van der Waals surface area contributed by atoms with Crippen LogP contribution in [0.3, 0.4) is 0 Å². The van der Waals surface area contributed by atoms with Crippen molar-refractivity contribution in [3.8, 4) is 23.0 Å². The average Bonchev–Trinajstić information content (AvgIpc) is 3.74. The van der Waals surface area contributed by atoms with Gasteiger partial charge in [-0.2, -0.15) is 0 Å². The molecule has 3 aromatic carbocycles. The molecule has 0 heterocycles. The predicted molar refractivity (Wildman–Crippen MR) is 152 cm³/mol. The van der Waals surface area contributed by atoms with Gasteiger partial charge in [0.25, 0.3) is 5.91 Å². The Morgan fingerprint density at radius 2 is 1.53 bits per heavy atom. The Morgan fingerprint density at radius 3 is 2.14 bits per heavy atom. The minimum absolute atomic E-state index is 0.0155. The highest BCUT2D eigenvalue weighted by molar-refractivity contribution is 5.93. The SMILES string of the molecule is COC(=O)[C@@]1(Cc2ccc(OC(C)=O)c(F)c2)CC1C(=O)N(Cc1ccc(OC)cc1OC)OCc1ccc(OC)cc1. The van der Waals surface area contributed by atoms with Gasteiger partial charge in [0.2, 0.25) is 0 Å². The highest BCUT2D eigenvalue weighted by Gasteiger charge is 2.65. The van der Waals surface area contributed by atoms with E-state index in [1.165, 1.54) is 45.4 Å². The summed E-state index contributed by atoms with van der Waals surface area (Å²) in [4.78, 5) is 44.4. The lowest BCUT2D eigenvalue weighted by Gasteiger charge is -2.25. The quantitative estimate of drug-likeness (QED) is 0.158. The van der Waals surface area contributed by atoms with Crippen LogP contribution in [0.25, 0.3) is 0 Å². The minimum Gasteiger partial charge on any atom is -0.497 e. The van der Waals surface area contributed by atoms with E-state index in [1.807, 2.05) is 12.1 Å². The number of ether oxygens (including phenoxy) is 5. The van der Waals surface area contributed by atoms with Crippen LogP contribution in [0.15, 0.2) is 60.7 Å². The van der Waals surface area contributed by atoms with Crippen molar-refractivity contribution in [2.45, 2.75) is 32.9 Å². The van der Waals surface area contributed by atoms with Gasteiger partial charge < -0.3 is 23.7 Å². The summed E-state index contributed by atoms with van der Waals surface area (Å²) in [6.45, 7) is 1.25. The van der Waals surface area contributed by atoms with Gasteiger partial charge in [0, 0.05) is 18.6 Å². The highest BCUT2D eigenvalue weighted by atomic mass is 19.1. The highest BCUT2D eigenvalue weighted by Crippen LogP contribution is 2.57. The molecule has 0 spiro atoms. The molecule has 1 fully saturated rings. The van der Waals surface area contributed by atoms with E-state index in [-0.39, 0.29) is 31.7 Å². The van der Waals surface area contributed by atoms with Crippen molar-refractivity contribution in [3.05, 3.63) is 83.2 Å². The smallest absolute Gasteiger partial charge is 0.312 e. The molecular formula is C32H34FNO9. The fourth-order valence-electron chi connectivity index (χ4n) is 4.95. The summed E-state index contributed by atoms with van der Waals surface area (Å²) in [5, 5.41) is 1.22. The lowest BCUT2D eigenvalue weighted by atomic mass is 9.93. The predicted octanol–water partition coefficient (Wildman–Crippen LogP) is 4.66. The zero-order valence-corrected chi connectivity index (χ0v) is 24.7. The molecule has 43 heavy (non-hydrogen) atoms. The molecular weight excluding hydrogens is 561 g/mol. The Morgan fingerprint density at radius 1 is 0.860 bits per heavy atom. The molecule has 0 saturated heterocycles. The van der Waals surface area contributed by atoms with Crippen molar-refractivity contribution < 1.29 is 47.3 Å². The fourth-order valence-corrected chi connectivity index (χ4v) is 4.95. The lowest BCUT2D eigenvalue weighted by molar-refractivity contribution is -0.198. The molecule has 0 aliphatic heterocycles. The molecule has 2 atom stereocenters. The maximum Gasteiger partial charge on any atom is 0.312 e. The second-order valence-corrected chi connectivity index (χ2v) is 10.1. The Labute approximate surface area is 249 Å². The normalized spacial score (nSPS) is 17.0. The van der Waals surface area contributed by atoms with Crippen molar-refractivity contribution in [1.82, 2.24) is 5.06 Å². The fraction of sp³-hybridized carbons (Fsp3) is 0.344. The number of esters is 2. The van der Waals surface area contributed by atoms with Crippen LogP contribution < -0.4 is 18.9 Å². The molecule has 3 aromatic rings. The number of nitrogens with zero attached hydrogens (tertiary/aromatic N) is 1. The first kappa shape index (κ1) is 31.3. The maximum absolute atomic E-state index is 14.6. The first-order chi connectivity index (χ1) is 20.6. The maximum atomic E-state index is 14.6. The average molecular weight is 596 g/mol. The van der Waals surface area contributed by atoms with E-state index in [0.717, 1.165) is 5.56 Å².